The Balaban J connectivity index is 1.14. The third kappa shape index (κ3) is 13.3. The standard InChI is InChI=1S/C42H54N2O6/c1-2-3-4-5-6-7-8-9-10-17-27-48-34-22-19-23-35(29-34)49-28-18-16-26-43-42(47)38-30-39(36-24-14-15-25-37(36)41(38)46)50-32-40(45)44-31-33-20-12-11-13-21-33/h11-15,19-25,29-30,46H,2-10,16-18,26-28,31-32H2,1H3,(H,43,47)(H,44,45). The molecule has 3 N–H and O–H groups in total. The molecule has 0 heterocycles. The van der Waals surface area contributed by atoms with Gasteiger partial charge in [0.1, 0.15) is 23.0 Å². The SMILES string of the molecule is CCCCCCCCCCCCOc1cccc(OCCCCNC(=O)c2cc(OCC(=O)NCc3ccccc3)c3ccccc3c2O)c1. The van der Waals surface area contributed by atoms with Crippen LogP contribution in [-0.2, 0) is 11.3 Å². The zero-order valence-corrected chi connectivity index (χ0v) is 29.6. The molecule has 0 atom stereocenters. The molecule has 0 spiro atoms. The highest BCUT2D eigenvalue weighted by Crippen LogP contribution is 2.36. The number of hydrogen-bond donors (Lipinski definition) is 3. The molecule has 4 aromatic rings. The predicted octanol–water partition coefficient (Wildman–Crippen LogP) is 9.13. The molecule has 0 aliphatic rings. The second kappa shape index (κ2) is 22.1. The number of benzene rings is 4. The fourth-order valence-corrected chi connectivity index (χ4v) is 5.76. The lowest BCUT2D eigenvalue weighted by Crippen LogP contribution is -2.28. The largest absolute Gasteiger partial charge is 0.506 e. The van der Waals surface area contributed by atoms with Crippen LogP contribution in [0.4, 0.5) is 0 Å². The maximum atomic E-state index is 13.1. The molecule has 8 nitrogen and oxygen atoms in total. The second-order valence-corrected chi connectivity index (χ2v) is 12.7. The quantitative estimate of drug-likeness (QED) is 0.0637. The summed E-state index contributed by atoms with van der Waals surface area (Å²) in [6.07, 6.45) is 14.4. The van der Waals surface area contributed by atoms with E-state index in [9.17, 15) is 14.7 Å². The van der Waals surface area contributed by atoms with Crippen molar-refractivity contribution < 1.29 is 28.9 Å². The minimum atomic E-state index is -0.417. The summed E-state index contributed by atoms with van der Waals surface area (Å²) in [6, 6.07) is 25.9. The molecule has 4 aromatic carbocycles. The van der Waals surface area contributed by atoms with Crippen molar-refractivity contribution in [2.24, 2.45) is 0 Å². The lowest BCUT2D eigenvalue weighted by molar-refractivity contribution is -0.123. The number of fused-ring (bicyclic) bond motifs is 1. The zero-order valence-electron chi connectivity index (χ0n) is 29.6. The number of carbonyl (C=O) groups excluding carboxylic acids is 2. The number of aromatic hydroxyl groups is 1. The van der Waals surface area contributed by atoms with Crippen LogP contribution in [0.1, 0.15) is 99.9 Å². The summed E-state index contributed by atoms with van der Waals surface area (Å²) in [4.78, 5) is 25.6. The predicted molar refractivity (Wildman–Crippen MR) is 200 cm³/mol. The molecule has 4 rings (SSSR count). The second-order valence-electron chi connectivity index (χ2n) is 12.7. The van der Waals surface area contributed by atoms with Crippen molar-refractivity contribution in [1.29, 1.82) is 0 Å². The van der Waals surface area contributed by atoms with Crippen LogP contribution in [0.3, 0.4) is 0 Å². The first-order valence-electron chi connectivity index (χ1n) is 18.4. The van der Waals surface area contributed by atoms with E-state index >= 15 is 0 Å². The van der Waals surface area contributed by atoms with Crippen LogP contribution in [0.5, 0.6) is 23.0 Å². The van der Waals surface area contributed by atoms with Gasteiger partial charge in [0, 0.05) is 29.9 Å². The number of hydrogen-bond acceptors (Lipinski definition) is 6. The van der Waals surface area contributed by atoms with Gasteiger partial charge in [-0.2, -0.15) is 0 Å². The Morgan fingerprint density at radius 1 is 0.620 bits per heavy atom. The Morgan fingerprint density at radius 3 is 1.90 bits per heavy atom. The molecule has 0 aliphatic heterocycles. The molecular weight excluding hydrogens is 628 g/mol. The molecule has 0 radical (unpaired) electrons. The summed E-state index contributed by atoms with van der Waals surface area (Å²) >= 11 is 0. The van der Waals surface area contributed by atoms with Gasteiger partial charge in [-0.05, 0) is 43.0 Å². The van der Waals surface area contributed by atoms with Crippen LogP contribution >= 0.6 is 0 Å². The summed E-state index contributed by atoms with van der Waals surface area (Å²) in [5.41, 5.74) is 1.07. The number of rotatable bonds is 24. The minimum absolute atomic E-state index is 0.0919. The van der Waals surface area contributed by atoms with Crippen molar-refractivity contribution in [3.8, 4) is 23.0 Å². The van der Waals surface area contributed by atoms with E-state index in [2.05, 4.69) is 17.6 Å². The van der Waals surface area contributed by atoms with E-state index in [1.807, 2.05) is 60.7 Å². The van der Waals surface area contributed by atoms with Crippen molar-refractivity contribution >= 4 is 22.6 Å². The van der Waals surface area contributed by atoms with Crippen LogP contribution in [0.15, 0.2) is 84.9 Å². The van der Waals surface area contributed by atoms with E-state index in [-0.39, 0.29) is 23.8 Å². The van der Waals surface area contributed by atoms with Gasteiger partial charge < -0.3 is 30.0 Å². The molecule has 268 valence electrons. The van der Waals surface area contributed by atoms with Crippen LogP contribution in [0.25, 0.3) is 10.8 Å². The molecule has 0 unspecified atom stereocenters. The van der Waals surface area contributed by atoms with Crippen LogP contribution in [0.2, 0.25) is 0 Å². The first-order valence-corrected chi connectivity index (χ1v) is 18.4. The number of ether oxygens (including phenoxy) is 3. The lowest BCUT2D eigenvalue weighted by atomic mass is 10.0. The number of nitrogens with one attached hydrogen (secondary N) is 2. The van der Waals surface area contributed by atoms with Gasteiger partial charge in [0.25, 0.3) is 11.8 Å². The molecule has 0 saturated heterocycles. The number of amides is 2. The van der Waals surface area contributed by atoms with E-state index in [1.54, 1.807) is 18.2 Å². The van der Waals surface area contributed by atoms with Gasteiger partial charge >= 0.3 is 0 Å². The Kier molecular flexibility index (Phi) is 16.8. The summed E-state index contributed by atoms with van der Waals surface area (Å²) in [5.74, 6) is 1.09. The van der Waals surface area contributed by atoms with E-state index in [0.29, 0.717) is 49.2 Å². The highest BCUT2D eigenvalue weighted by atomic mass is 16.5. The van der Waals surface area contributed by atoms with E-state index in [4.69, 9.17) is 14.2 Å². The normalized spacial score (nSPS) is 10.9. The molecule has 0 bridgehead atoms. The average Bonchev–Trinajstić information content (AvgIpc) is 3.14. The van der Waals surface area contributed by atoms with Gasteiger partial charge in [-0.15, -0.1) is 0 Å². The van der Waals surface area contributed by atoms with E-state index in [0.717, 1.165) is 29.9 Å². The fourth-order valence-electron chi connectivity index (χ4n) is 5.76. The molecule has 0 fully saturated rings. The lowest BCUT2D eigenvalue weighted by Gasteiger charge is -2.14. The molecule has 0 aliphatic carbocycles. The van der Waals surface area contributed by atoms with Gasteiger partial charge in [0.15, 0.2) is 6.61 Å². The monoisotopic (exact) mass is 682 g/mol. The van der Waals surface area contributed by atoms with Gasteiger partial charge in [0.05, 0.1) is 18.8 Å². The zero-order chi connectivity index (χ0) is 35.2. The Morgan fingerprint density at radius 2 is 1.22 bits per heavy atom. The maximum absolute atomic E-state index is 13.1. The fraction of sp³-hybridized carbons (Fsp3) is 0.429. The first-order chi connectivity index (χ1) is 24.5. The summed E-state index contributed by atoms with van der Waals surface area (Å²) in [5, 5.41) is 17.8. The van der Waals surface area contributed by atoms with Crippen molar-refractivity contribution in [3.63, 3.8) is 0 Å². The molecule has 8 heteroatoms. The average molecular weight is 683 g/mol. The summed E-state index contributed by atoms with van der Waals surface area (Å²) < 4.78 is 17.7. The summed E-state index contributed by atoms with van der Waals surface area (Å²) in [6.45, 7) is 4.05. The molecular formula is C42H54N2O6. The van der Waals surface area contributed by atoms with Crippen LogP contribution < -0.4 is 24.8 Å². The van der Waals surface area contributed by atoms with E-state index in [1.165, 1.54) is 63.9 Å². The number of unbranched alkanes of at least 4 members (excludes halogenated alkanes) is 10. The molecule has 2 amide bonds. The van der Waals surface area contributed by atoms with Crippen LogP contribution in [-0.4, -0.2) is 43.3 Å². The Labute approximate surface area is 297 Å². The van der Waals surface area contributed by atoms with Crippen molar-refractivity contribution in [3.05, 3.63) is 96.1 Å². The number of carbonyl (C=O) groups is 2. The first kappa shape index (κ1) is 38.1. The molecule has 50 heavy (non-hydrogen) atoms. The molecule has 0 aromatic heterocycles. The topological polar surface area (TPSA) is 106 Å². The van der Waals surface area contributed by atoms with Crippen molar-refractivity contribution in [2.75, 3.05) is 26.4 Å². The third-order valence-electron chi connectivity index (χ3n) is 8.61. The highest BCUT2D eigenvalue weighted by Gasteiger charge is 2.18. The van der Waals surface area contributed by atoms with Gasteiger partial charge in [-0.1, -0.05) is 125 Å². The maximum Gasteiger partial charge on any atom is 0.258 e. The van der Waals surface area contributed by atoms with Gasteiger partial charge in [0.2, 0.25) is 0 Å². The summed E-state index contributed by atoms with van der Waals surface area (Å²) in [7, 11) is 0. The third-order valence-corrected chi connectivity index (χ3v) is 8.61. The van der Waals surface area contributed by atoms with Crippen LogP contribution in [0, 0.1) is 0 Å². The van der Waals surface area contributed by atoms with Gasteiger partial charge in [-0.3, -0.25) is 9.59 Å². The molecule has 0 saturated carbocycles. The number of phenols is 1. The highest BCUT2D eigenvalue weighted by molar-refractivity contribution is 6.05. The Hall–Kier alpha value is -4.72. The van der Waals surface area contributed by atoms with Crippen molar-refractivity contribution in [1.82, 2.24) is 10.6 Å². The van der Waals surface area contributed by atoms with E-state index < -0.39 is 5.91 Å². The number of phenolic OH excluding ortho intramolecular Hbond substituents is 1. The van der Waals surface area contributed by atoms with Gasteiger partial charge in [-0.25, -0.2) is 0 Å². The smallest absolute Gasteiger partial charge is 0.258 e. The van der Waals surface area contributed by atoms with Crippen molar-refractivity contribution in [2.45, 2.75) is 90.5 Å². The Bertz CT molecular complexity index is 1590. The minimum Gasteiger partial charge on any atom is -0.506 e.